The SMILES string of the molecule is C[C@@H](CNC(=O)[C@@H](O)C(C)(C)CO)NC(=O)O. The molecular weight excluding hydrogens is 228 g/mol. The Balaban J connectivity index is 4.14. The maximum Gasteiger partial charge on any atom is 0.404 e. The highest BCUT2D eigenvalue weighted by atomic mass is 16.4. The van der Waals surface area contributed by atoms with Crippen molar-refractivity contribution < 1.29 is 24.9 Å². The molecule has 100 valence electrons. The Morgan fingerprint density at radius 1 is 1.35 bits per heavy atom. The van der Waals surface area contributed by atoms with Crippen LogP contribution in [0.15, 0.2) is 0 Å². The summed E-state index contributed by atoms with van der Waals surface area (Å²) >= 11 is 0. The smallest absolute Gasteiger partial charge is 0.404 e. The van der Waals surface area contributed by atoms with Crippen molar-refractivity contribution in [2.24, 2.45) is 5.41 Å². The molecule has 7 heteroatoms. The molecule has 0 saturated carbocycles. The summed E-state index contributed by atoms with van der Waals surface area (Å²) in [6.45, 7) is 4.43. The van der Waals surface area contributed by atoms with Crippen molar-refractivity contribution in [1.29, 1.82) is 0 Å². The number of nitrogens with one attached hydrogen (secondary N) is 2. The van der Waals surface area contributed by atoms with E-state index in [4.69, 9.17) is 10.2 Å². The predicted octanol–water partition coefficient (Wildman–Crippen LogP) is -0.862. The summed E-state index contributed by atoms with van der Waals surface area (Å²) in [5.74, 6) is -0.636. The summed E-state index contributed by atoms with van der Waals surface area (Å²) in [6.07, 6.45) is -2.52. The number of carbonyl (C=O) groups excluding carboxylic acids is 1. The molecule has 17 heavy (non-hydrogen) atoms. The van der Waals surface area contributed by atoms with Crippen LogP contribution in [0, 0.1) is 5.41 Å². The molecule has 7 nitrogen and oxygen atoms in total. The van der Waals surface area contributed by atoms with Crippen molar-refractivity contribution in [1.82, 2.24) is 10.6 Å². The molecular formula is C10H20N2O5. The van der Waals surface area contributed by atoms with Gasteiger partial charge in [-0.25, -0.2) is 4.79 Å². The lowest BCUT2D eigenvalue weighted by Gasteiger charge is -2.27. The Labute approximate surface area is 99.8 Å². The zero-order valence-corrected chi connectivity index (χ0v) is 10.2. The van der Waals surface area contributed by atoms with Gasteiger partial charge in [0.05, 0.1) is 6.61 Å². The Morgan fingerprint density at radius 2 is 1.88 bits per heavy atom. The second-order valence-corrected chi connectivity index (χ2v) is 4.64. The summed E-state index contributed by atoms with van der Waals surface area (Å²) in [4.78, 5) is 21.8. The molecule has 0 aromatic heterocycles. The summed E-state index contributed by atoms with van der Waals surface area (Å²) in [6, 6.07) is -0.458. The second kappa shape index (κ2) is 6.41. The van der Waals surface area contributed by atoms with E-state index in [0.717, 1.165) is 0 Å². The maximum atomic E-state index is 11.5. The number of carbonyl (C=O) groups is 2. The van der Waals surface area contributed by atoms with E-state index >= 15 is 0 Å². The van der Waals surface area contributed by atoms with Crippen LogP contribution in [-0.4, -0.2) is 52.6 Å². The van der Waals surface area contributed by atoms with Gasteiger partial charge in [0.1, 0.15) is 6.10 Å². The minimum absolute atomic E-state index is 0.0731. The van der Waals surface area contributed by atoms with Crippen LogP contribution in [-0.2, 0) is 4.79 Å². The number of aliphatic hydroxyl groups excluding tert-OH is 2. The first-order chi connectivity index (χ1) is 7.70. The molecule has 0 unspecified atom stereocenters. The van der Waals surface area contributed by atoms with Gasteiger partial charge in [0.15, 0.2) is 0 Å². The third kappa shape index (κ3) is 5.50. The van der Waals surface area contributed by atoms with Crippen LogP contribution in [0.25, 0.3) is 0 Å². The van der Waals surface area contributed by atoms with Gasteiger partial charge >= 0.3 is 6.09 Å². The molecule has 0 aliphatic carbocycles. The van der Waals surface area contributed by atoms with Crippen LogP contribution in [0.5, 0.6) is 0 Å². The van der Waals surface area contributed by atoms with Crippen LogP contribution in [0.1, 0.15) is 20.8 Å². The zero-order valence-electron chi connectivity index (χ0n) is 10.2. The monoisotopic (exact) mass is 248 g/mol. The average molecular weight is 248 g/mol. The number of rotatable bonds is 6. The molecule has 0 aliphatic rings. The normalized spacial score (nSPS) is 14.9. The van der Waals surface area contributed by atoms with E-state index in [1.807, 2.05) is 0 Å². The summed E-state index contributed by atoms with van der Waals surface area (Å²) < 4.78 is 0. The zero-order chi connectivity index (χ0) is 13.6. The van der Waals surface area contributed by atoms with E-state index in [0.29, 0.717) is 0 Å². The van der Waals surface area contributed by atoms with E-state index in [1.165, 1.54) is 0 Å². The summed E-state index contributed by atoms with van der Waals surface area (Å²) in [5.41, 5.74) is -0.937. The highest BCUT2D eigenvalue weighted by Crippen LogP contribution is 2.19. The molecule has 0 radical (unpaired) electrons. The Morgan fingerprint density at radius 3 is 2.29 bits per heavy atom. The fraction of sp³-hybridized carbons (Fsp3) is 0.800. The molecule has 0 rings (SSSR count). The van der Waals surface area contributed by atoms with Gasteiger partial charge < -0.3 is 26.0 Å². The average Bonchev–Trinajstić information content (AvgIpc) is 2.23. The van der Waals surface area contributed by atoms with Crippen molar-refractivity contribution in [2.75, 3.05) is 13.2 Å². The van der Waals surface area contributed by atoms with Crippen LogP contribution in [0.3, 0.4) is 0 Å². The van der Waals surface area contributed by atoms with Crippen molar-refractivity contribution >= 4 is 12.0 Å². The van der Waals surface area contributed by atoms with Gasteiger partial charge in [-0.2, -0.15) is 0 Å². The van der Waals surface area contributed by atoms with Gasteiger partial charge in [-0.15, -0.1) is 0 Å². The lowest BCUT2D eigenvalue weighted by atomic mass is 9.87. The van der Waals surface area contributed by atoms with E-state index in [9.17, 15) is 14.7 Å². The second-order valence-electron chi connectivity index (χ2n) is 4.64. The fourth-order valence-corrected chi connectivity index (χ4v) is 1.05. The number of hydrogen-bond acceptors (Lipinski definition) is 4. The van der Waals surface area contributed by atoms with Crippen LogP contribution < -0.4 is 10.6 Å². The molecule has 0 aromatic carbocycles. The first-order valence-corrected chi connectivity index (χ1v) is 5.27. The molecule has 0 spiro atoms. The Bertz CT molecular complexity index is 280. The quantitative estimate of drug-likeness (QED) is 0.419. The lowest BCUT2D eigenvalue weighted by Crippen LogP contribution is -2.49. The van der Waals surface area contributed by atoms with Gasteiger partial charge in [0.2, 0.25) is 5.91 Å². The van der Waals surface area contributed by atoms with Gasteiger partial charge in [0.25, 0.3) is 0 Å². The van der Waals surface area contributed by atoms with Gasteiger partial charge in [0, 0.05) is 18.0 Å². The molecule has 0 fully saturated rings. The minimum Gasteiger partial charge on any atom is -0.465 e. The van der Waals surface area contributed by atoms with Gasteiger partial charge in [-0.05, 0) is 6.92 Å². The van der Waals surface area contributed by atoms with E-state index in [1.54, 1.807) is 20.8 Å². The molecule has 5 N–H and O–H groups in total. The van der Waals surface area contributed by atoms with Gasteiger partial charge in [-0.3, -0.25) is 4.79 Å². The Kier molecular flexibility index (Phi) is 5.90. The molecule has 0 aromatic rings. The third-order valence-electron chi connectivity index (χ3n) is 2.35. The van der Waals surface area contributed by atoms with Crippen molar-refractivity contribution in [3.63, 3.8) is 0 Å². The third-order valence-corrected chi connectivity index (χ3v) is 2.35. The number of carboxylic acid groups (broad SMARTS) is 1. The first-order valence-electron chi connectivity index (χ1n) is 5.27. The summed E-state index contributed by atoms with van der Waals surface area (Å²) in [7, 11) is 0. The van der Waals surface area contributed by atoms with Crippen LogP contribution in [0.2, 0.25) is 0 Å². The number of aliphatic hydroxyl groups is 2. The predicted molar refractivity (Wildman–Crippen MR) is 60.5 cm³/mol. The number of hydrogen-bond donors (Lipinski definition) is 5. The highest BCUT2D eigenvalue weighted by Gasteiger charge is 2.32. The van der Waals surface area contributed by atoms with E-state index in [-0.39, 0.29) is 13.2 Å². The molecule has 0 bridgehead atoms. The van der Waals surface area contributed by atoms with Crippen molar-refractivity contribution in [2.45, 2.75) is 32.9 Å². The van der Waals surface area contributed by atoms with E-state index in [2.05, 4.69) is 10.6 Å². The van der Waals surface area contributed by atoms with Crippen molar-refractivity contribution in [3.8, 4) is 0 Å². The largest absolute Gasteiger partial charge is 0.465 e. The van der Waals surface area contributed by atoms with Crippen LogP contribution >= 0.6 is 0 Å². The minimum atomic E-state index is -1.34. The Hall–Kier alpha value is -1.34. The topological polar surface area (TPSA) is 119 Å². The lowest BCUT2D eigenvalue weighted by molar-refractivity contribution is -0.137. The molecule has 2 atom stereocenters. The highest BCUT2D eigenvalue weighted by molar-refractivity contribution is 5.81. The van der Waals surface area contributed by atoms with Gasteiger partial charge in [-0.1, -0.05) is 13.8 Å². The maximum absolute atomic E-state index is 11.5. The molecule has 0 aliphatic heterocycles. The fourth-order valence-electron chi connectivity index (χ4n) is 1.05. The van der Waals surface area contributed by atoms with Crippen molar-refractivity contribution in [3.05, 3.63) is 0 Å². The standard InChI is InChI=1S/C10H20N2O5/c1-6(12-9(16)17)4-11-8(15)7(14)10(2,3)5-13/h6-7,12-14H,4-5H2,1-3H3,(H,11,15)(H,16,17)/t6-,7+/m0/s1. The molecule has 2 amide bonds. The number of amides is 2. The van der Waals surface area contributed by atoms with E-state index < -0.39 is 29.6 Å². The summed E-state index contributed by atoms with van der Waals surface area (Å²) in [5, 5.41) is 31.6. The molecule has 0 heterocycles. The first kappa shape index (κ1) is 15.7. The van der Waals surface area contributed by atoms with Crippen LogP contribution in [0.4, 0.5) is 4.79 Å². The molecule has 0 saturated heterocycles.